The van der Waals surface area contributed by atoms with Gasteiger partial charge in [0.05, 0.1) is 21.6 Å². The molecule has 0 aliphatic carbocycles. The summed E-state index contributed by atoms with van der Waals surface area (Å²) in [6.07, 6.45) is 1.51. The SMILES string of the molecule is CC(Nc1ccc(S(=O)(=O)C(F)(F)F)cc1[N+](=O)[O-])c1ccccn1. The standard InChI is InChI=1S/C14H12F3N3O4S/c1-9(11-4-2-3-7-18-11)19-12-6-5-10(8-13(12)20(21)22)25(23,24)14(15,16)17/h2-9,19H,1H3. The summed E-state index contributed by atoms with van der Waals surface area (Å²) in [5, 5.41) is 13.9. The molecular formula is C14H12F3N3O4S. The van der Waals surface area contributed by atoms with Crippen molar-refractivity contribution in [3.05, 3.63) is 58.4 Å². The van der Waals surface area contributed by atoms with Gasteiger partial charge in [-0.3, -0.25) is 15.1 Å². The summed E-state index contributed by atoms with van der Waals surface area (Å²) in [6.45, 7) is 1.65. The van der Waals surface area contributed by atoms with Gasteiger partial charge in [0, 0.05) is 12.3 Å². The number of nitro benzene ring substituents is 1. The van der Waals surface area contributed by atoms with E-state index in [4.69, 9.17) is 0 Å². The molecule has 0 amide bonds. The van der Waals surface area contributed by atoms with Gasteiger partial charge in [-0.2, -0.15) is 13.2 Å². The number of hydrogen-bond acceptors (Lipinski definition) is 6. The quantitative estimate of drug-likeness (QED) is 0.634. The number of nitrogens with one attached hydrogen (secondary N) is 1. The molecule has 1 atom stereocenters. The lowest BCUT2D eigenvalue weighted by molar-refractivity contribution is -0.384. The molecule has 0 radical (unpaired) electrons. The summed E-state index contributed by atoms with van der Waals surface area (Å²) in [5.41, 5.74) is -5.90. The second kappa shape index (κ2) is 6.67. The van der Waals surface area contributed by atoms with E-state index in [1.807, 2.05) is 0 Å². The van der Waals surface area contributed by atoms with E-state index in [2.05, 4.69) is 10.3 Å². The molecule has 2 aromatic rings. The highest BCUT2D eigenvalue weighted by Crippen LogP contribution is 2.35. The molecule has 0 fully saturated rings. The van der Waals surface area contributed by atoms with Gasteiger partial charge in [-0.1, -0.05) is 6.07 Å². The monoisotopic (exact) mass is 375 g/mol. The Bertz CT molecular complexity index is 886. The Morgan fingerprint density at radius 1 is 1.24 bits per heavy atom. The van der Waals surface area contributed by atoms with Gasteiger partial charge in [0.2, 0.25) is 0 Å². The summed E-state index contributed by atoms with van der Waals surface area (Å²) in [7, 11) is -5.67. The first-order valence-corrected chi connectivity index (χ1v) is 8.29. The lowest BCUT2D eigenvalue weighted by Crippen LogP contribution is -2.23. The molecule has 2 rings (SSSR count). The molecular weight excluding hydrogens is 363 g/mol. The number of halogens is 3. The van der Waals surface area contributed by atoms with E-state index in [1.54, 1.807) is 25.1 Å². The zero-order chi connectivity index (χ0) is 18.8. The Balaban J connectivity index is 2.43. The van der Waals surface area contributed by atoms with Crippen LogP contribution in [0.15, 0.2) is 47.5 Å². The Morgan fingerprint density at radius 3 is 2.44 bits per heavy atom. The van der Waals surface area contributed by atoms with Gasteiger partial charge in [-0.25, -0.2) is 8.42 Å². The molecule has 1 N–H and O–H groups in total. The predicted octanol–water partition coefficient (Wildman–Crippen LogP) is 3.46. The number of aromatic nitrogens is 1. The van der Waals surface area contributed by atoms with Crippen LogP contribution in [0.25, 0.3) is 0 Å². The van der Waals surface area contributed by atoms with Gasteiger partial charge < -0.3 is 5.32 Å². The van der Waals surface area contributed by atoms with Gasteiger partial charge in [0.25, 0.3) is 15.5 Å². The number of rotatable bonds is 5. The second-order valence-corrected chi connectivity index (χ2v) is 6.95. The van der Waals surface area contributed by atoms with E-state index in [1.165, 1.54) is 6.20 Å². The lowest BCUT2D eigenvalue weighted by Gasteiger charge is -2.15. The molecule has 1 heterocycles. The smallest absolute Gasteiger partial charge is 0.371 e. The van der Waals surface area contributed by atoms with E-state index in [-0.39, 0.29) is 5.69 Å². The number of alkyl halides is 3. The van der Waals surface area contributed by atoms with Gasteiger partial charge in [-0.15, -0.1) is 0 Å². The average Bonchev–Trinajstić information content (AvgIpc) is 2.54. The Labute approximate surface area is 140 Å². The van der Waals surface area contributed by atoms with Crippen LogP contribution < -0.4 is 5.32 Å². The molecule has 0 saturated carbocycles. The molecule has 1 aromatic heterocycles. The van der Waals surface area contributed by atoms with E-state index < -0.39 is 36.9 Å². The van der Waals surface area contributed by atoms with Crippen LogP contribution in [0.4, 0.5) is 24.5 Å². The molecule has 11 heteroatoms. The highest BCUT2D eigenvalue weighted by Gasteiger charge is 2.47. The first-order chi connectivity index (χ1) is 11.5. The summed E-state index contributed by atoms with van der Waals surface area (Å²) in [6, 6.07) is 6.52. The number of nitro groups is 1. The molecule has 1 unspecified atom stereocenters. The zero-order valence-electron chi connectivity index (χ0n) is 12.7. The maximum Gasteiger partial charge on any atom is 0.501 e. The lowest BCUT2D eigenvalue weighted by atomic mass is 10.2. The van der Waals surface area contributed by atoms with Crippen LogP contribution in [-0.2, 0) is 9.84 Å². The van der Waals surface area contributed by atoms with Gasteiger partial charge in [-0.05, 0) is 31.2 Å². The van der Waals surface area contributed by atoms with Gasteiger partial charge in [0.15, 0.2) is 0 Å². The van der Waals surface area contributed by atoms with E-state index in [0.29, 0.717) is 17.8 Å². The van der Waals surface area contributed by atoms with Gasteiger partial charge >= 0.3 is 5.51 Å². The fourth-order valence-electron chi connectivity index (χ4n) is 2.02. The Morgan fingerprint density at radius 2 is 1.92 bits per heavy atom. The summed E-state index contributed by atoms with van der Waals surface area (Å²) in [4.78, 5) is 13.1. The van der Waals surface area contributed by atoms with Crippen molar-refractivity contribution >= 4 is 21.2 Å². The van der Waals surface area contributed by atoms with Crippen molar-refractivity contribution < 1.29 is 26.5 Å². The van der Waals surface area contributed by atoms with Crippen LogP contribution in [0.2, 0.25) is 0 Å². The molecule has 0 spiro atoms. The third kappa shape index (κ3) is 3.87. The molecule has 0 aliphatic rings. The summed E-state index contributed by atoms with van der Waals surface area (Å²) in [5.74, 6) is 0. The van der Waals surface area contributed by atoms with Gasteiger partial charge in [0.1, 0.15) is 5.69 Å². The highest BCUT2D eigenvalue weighted by molar-refractivity contribution is 7.92. The predicted molar refractivity (Wildman–Crippen MR) is 82.6 cm³/mol. The number of hydrogen-bond donors (Lipinski definition) is 1. The minimum Gasteiger partial charge on any atom is -0.371 e. The van der Waals surface area contributed by atoms with E-state index >= 15 is 0 Å². The normalized spacial score (nSPS) is 13.3. The molecule has 0 bridgehead atoms. The Hall–Kier alpha value is -2.69. The first kappa shape index (κ1) is 18.6. The van der Waals surface area contributed by atoms with Crippen molar-refractivity contribution in [3.63, 3.8) is 0 Å². The molecule has 7 nitrogen and oxygen atoms in total. The zero-order valence-corrected chi connectivity index (χ0v) is 13.5. The van der Waals surface area contributed by atoms with Crippen molar-refractivity contribution in [1.29, 1.82) is 0 Å². The van der Waals surface area contributed by atoms with Crippen LogP contribution in [0.3, 0.4) is 0 Å². The molecule has 134 valence electrons. The van der Waals surface area contributed by atoms with E-state index in [0.717, 1.165) is 6.07 Å². The van der Waals surface area contributed by atoms with E-state index in [9.17, 15) is 31.7 Å². The van der Waals surface area contributed by atoms with Crippen LogP contribution >= 0.6 is 0 Å². The number of anilines is 1. The minimum atomic E-state index is -5.67. The third-order valence-corrected chi connectivity index (χ3v) is 4.77. The first-order valence-electron chi connectivity index (χ1n) is 6.81. The third-order valence-electron chi connectivity index (χ3n) is 3.28. The average molecular weight is 375 g/mol. The largest absolute Gasteiger partial charge is 0.501 e. The fourth-order valence-corrected chi connectivity index (χ4v) is 2.81. The molecule has 25 heavy (non-hydrogen) atoms. The highest BCUT2D eigenvalue weighted by atomic mass is 32.2. The second-order valence-electron chi connectivity index (χ2n) is 5.01. The van der Waals surface area contributed by atoms with Crippen LogP contribution in [0, 0.1) is 10.1 Å². The van der Waals surface area contributed by atoms with Crippen LogP contribution in [0.1, 0.15) is 18.7 Å². The molecule has 0 aliphatic heterocycles. The topological polar surface area (TPSA) is 102 Å². The minimum absolute atomic E-state index is 0.121. The fraction of sp³-hybridized carbons (Fsp3) is 0.214. The number of benzene rings is 1. The number of pyridine rings is 1. The summed E-state index contributed by atoms with van der Waals surface area (Å²) >= 11 is 0. The maximum absolute atomic E-state index is 12.6. The number of nitrogens with zero attached hydrogens (tertiary/aromatic N) is 2. The Kier molecular flexibility index (Phi) is 4.97. The maximum atomic E-state index is 12.6. The van der Waals surface area contributed by atoms with Crippen LogP contribution in [-0.4, -0.2) is 23.8 Å². The van der Waals surface area contributed by atoms with Crippen molar-refractivity contribution in [2.24, 2.45) is 0 Å². The van der Waals surface area contributed by atoms with Crippen molar-refractivity contribution in [3.8, 4) is 0 Å². The van der Waals surface area contributed by atoms with Crippen molar-refractivity contribution in [2.45, 2.75) is 23.4 Å². The van der Waals surface area contributed by atoms with Crippen molar-refractivity contribution in [2.75, 3.05) is 5.32 Å². The number of sulfone groups is 1. The van der Waals surface area contributed by atoms with Crippen LogP contribution in [0.5, 0.6) is 0 Å². The molecule has 1 aromatic carbocycles. The summed E-state index contributed by atoms with van der Waals surface area (Å²) < 4.78 is 60.6. The molecule has 0 saturated heterocycles. The van der Waals surface area contributed by atoms with Crippen molar-refractivity contribution in [1.82, 2.24) is 4.98 Å².